The summed E-state index contributed by atoms with van der Waals surface area (Å²) >= 11 is 0. The van der Waals surface area contributed by atoms with E-state index in [1.807, 2.05) is 12.2 Å². The van der Waals surface area contributed by atoms with E-state index in [-0.39, 0.29) is 28.0 Å². The summed E-state index contributed by atoms with van der Waals surface area (Å²) in [7, 11) is 0. The Bertz CT molecular complexity index is 675. The van der Waals surface area contributed by atoms with Gasteiger partial charge in [0.2, 0.25) is 0 Å². The number of hydrogen-bond acceptors (Lipinski definition) is 2. The predicted octanol–water partition coefficient (Wildman–Crippen LogP) is 5.09. The van der Waals surface area contributed by atoms with Crippen LogP contribution in [0.2, 0.25) is 0 Å². The van der Waals surface area contributed by atoms with Gasteiger partial charge in [-0.05, 0) is 17.6 Å². The van der Waals surface area contributed by atoms with E-state index in [4.69, 9.17) is 0 Å². The van der Waals surface area contributed by atoms with Crippen LogP contribution in [0.1, 0.15) is 25.8 Å². The largest absolute Gasteiger partial charge is 2.00 e. The molecule has 0 amide bonds. The van der Waals surface area contributed by atoms with Crippen molar-refractivity contribution in [3.8, 4) is 0 Å². The minimum absolute atomic E-state index is 0. The van der Waals surface area contributed by atoms with Crippen molar-refractivity contribution in [1.82, 2.24) is 0 Å². The SMILES string of the molecule is CCC1=CC=CC1=C1C=C[C-]([N+](=O)[O-])C=C1.CCc1ccc[cH-]1.[Fe+2]. The van der Waals surface area contributed by atoms with Crippen molar-refractivity contribution in [1.29, 1.82) is 0 Å². The number of nitro groups is 1. The maximum Gasteiger partial charge on any atom is 2.00 e. The quantitative estimate of drug-likeness (QED) is 0.325. The van der Waals surface area contributed by atoms with E-state index in [0.717, 1.165) is 24.0 Å². The van der Waals surface area contributed by atoms with Crippen LogP contribution in [-0.2, 0) is 23.5 Å². The van der Waals surface area contributed by atoms with E-state index < -0.39 is 0 Å². The molecule has 0 fully saturated rings. The van der Waals surface area contributed by atoms with Gasteiger partial charge in [0.15, 0.2) is 6.04 Å². The average molecular weight is 363 g/mol. The fourth-order valence-corrected chi connectivity index (χ4v) is 2.46. The van der Waals surface area contributed by atoms with Gasteiger partial charge in [0.25, 0.3) is 0 Å². The second-order valence-corrected chi connectivity index (χ2v) is 5.27. The Morgan fingerprint density at radius 3 is 2.33 bits per heavy atom. The summed E-state index contributed by atoms with van der Waals surface area (Å²) in [5, 5.41) is 10.5. The zero-order valence-corrected chi connectivity index (χ0v) is 15.0. The predicted molar refractivity (Wildman–Crippen MR) is 94.5 cm³/mol. The maximum atomic E-state index is 10.5. The van der Waals surface area contributed by atoms with Gasteiger partial charge in [0, 0.05) is 4.92 Å². The first-order valence-electron chi connectivity index (χ1n) is 7.85. The molecule has 126 valence electrons. The third-order valence-corrected chi connectivity index (χ3v) is 3.82. The van der Waals surface area contributed by atoms with Gasteiger partial charge in [-0.15, -0.1) is 5.57 Å². The van der Waals surface area contributed by atoms with Crippen molar-refractivity contribution in [3.63, 3.8) is 0 Å². The van der Waals surface area contributed by atoms with Gasteiger partial charge in [-0.1, -0.05) is 50.6 Å². The van der Waals surface area contributed by atoms with E-state index >= 15 is 0 Å². The smallest absolute Gasteiger partial charge is 0.270 e. The number of aryl methyl sites for hydroxylation is 1. The van der Waals surface area contributed by atoms with Crippen LogP contribution in [0.25, 0.3) is 0 Å². The summed E-state index contributed by atoms with van der Waals surface area (Å²) in [5.41, 5.74) is 4.90. The van der Waals surface area contributed by atoms with Crippen LogP contribution in [0.4, 0.5) is 0 Å². The van der Waals surface area contributed by atoms with E-state index in [1.54, 1.807) is 24.3 Å². The molecule has 0 unspecified atom stereocenters. The molecule has 1 aromatic carbocycles. The monoisotopic (exact) mass is 363 g/mol. The van der Waals surface area contributed by atoms with Crippen LogP contribution < -0.4 is 0 Å². The Balaban J connectivity index is 0.000000304. The Morgan fingerprint density at radius 2 is 1.88 bits per heavy atom. The molecule has 0 aliphatic heterocycles. The molecule has 24 heavy (non-hydrogen) atoms. The first-order chi connectivity index (χ1) is 11.2. The van der Waals surface area contributed by atoms with Crippen LogP contribution in [0.3, 0.4) is 0 Å². The zero-order chi connectivity index (χ0) is 16.7. The van der Waals surface area contributed by atoms with Crippen LogP contribution >= 0.6 is 0 Å². The van der Waals surface area contributed by atoms with Crippen molar-refractivity contribution in [2.24, 2.45) is 0 Å². The van der Waals surface area contributed by atoms with Crippen molar-refractivity contribution in [3.05, 3.63) is 105 Å². The van der Waals surface area contributed by atoms with Gasteiger partial charge in [-0.25, -0.2) is 12.1 Å². The van der Waals surface area contributed by atoms with E-state index in [1.165, 1.54) is 11.1 Å². The molecule has 0 saturated heterocycles. The third-order valence-electron chi connectivity index (χ3n) is 3.82. The normalized spacial score (nSPS) is 14.9. The Labute approximate surface area is 154 Å². The van der Waals surface area contributed by atoms with Crippen LogP contribution in [0, 0.1) is 16.2 Å². The molecule has 0 heterocycles. The van der Waals surface area contributed by atoms with Gasteiger partial charge in [0.05, 0.1) is 0 Å². The van der Waals surface area contributed by atoms with Crippen molar-refractivity contribution >= 4 is 0 Å². The molecule has 3 rings (SSSR count). The molecule has 2 aliphatic rings. The average Bonchev–Trinajstić information content (AvgIpc) is 3.26. The minimum Gasteiger partial charge on any atom is -0.270 e. The topological polar surface area (TPSA) is 43.1 Å². The molecule has 3 nitrogen and oxygen atoms in total. The summed E-state index contributed by atoms with van der Waals surface area (Å²) in [6, 6.07) is 8.55. The summed E-state index contributed by atoms with van der Waals surface area (Å²) in [5.74, 6) is 0. The first-order valence-corrected chi connectivity index (χ1v) is 7.85. The molecule has 0 saturated carbocycles. The molecule has 1 aromatic rings. The fourth-order valence-electron chi connectivity index (χ4n) is 2.46. The van der Waals surface area contributed by atoms with Crippen molar-refractivity contribution in [2.45, 2.75) is 26.7 Å². The summed E-state index contributed by atoms with van der Waals surface area (Å²) < 4.78 is 0. The first kappa shape index (κ1) is 19.9. The molecular formula is C20H21FeNO2. The Morgan fingerprint density at radius 1 is 1.17 bits per heavy atom. The summed E-state index contributed by atoms with van der Waals surface area (Å²) in [4.78, 5) is 10.1. The van der Waals surface area contributed by atoms with Crippen LogP contribution in [0.15, 0.2) is 83.5 Å². The van der Waals surface area contributed by atoms with E-state index in [9.17, 15) is 10.1 Å². The third kappa shape index (κ3) is 5.19. The number of allylic oxidation sites excluding steroid dienone is 8. The molecule has 0 spiro atoms. The van der Waals surface area contributed by atoms with Gasteiger partial charge >= 0.3 is 17.1 Å². The zero-order valence-electron chi connectivity index (χ0n) is 13.9. The van der Waals surface area contributed by atoms with Crippen molar-refractivity contribution < 1.29 is 22.0 Å². The van der Waals surface area contributed by atoms with Crippen LogP contribution in [0.5, 0.6) is 0 Å². The fraction of sp³-hybridized carbons (Fsp3) is 0.200. The maximum absolute atomic E-state index is 10.5. The van der Waals surface area contributed by atoms with E-state index in [0.29, 0.717) is 0 Å². The number of hydrogen-bond donors (Lipinski definition) is 0. The summed E-state index contributed by atoms with van der Waals surface area (Å²) in [6.45, 7) is 4.26. The van der Waals surface area contributed by atoms with Gasteiger partial charge in [-0.3, -0.25) is 10.1 Å². The molecule has 4 heteroatoms. The number of nitrogens with zero attached hydrogens (tertiary/aromatic N) is 1. The van der Waals surface area contributed by atoms with Gasteiger partial charge < -0.3 is 0 Å². The van der Waals surface area contributed by atoms with E-state index in [2.05, 4.69) is 44.2 Å². The number of rotatable bonds is 3. The van der Waals surface area contributed by atoms with Crippen molar-refractivity contribution in [2.75, 3.05) is 0 Å². The second-order valence-electron chi connectivity index (χ2n) is 5.27. The molecule has 0 bridgehead atoms. The van der Waals surface area contributed by atoms with Gasteiger partial charge in [-0.2, -0.15) is 29.8 Å². The van der Waals surface area contributed by atoms with Gasteiger partial charge in [0.1, 0.15) is 0 Å². The molecular weight excluding hydrogens is 342 g/mol. The van der Waals surface area contributed by atoms with Crippen LogP contribution in [-0.4, -0.2) is 4.92 Å². The molecule has 0 atom stereocenters. The standard InChI is InChI=1S/C13H12NO2.C7H9.Fe/c1-2-10-4-3-5-13(10)11-6-8-12(9-7-11)14(15)16;1-2-7-5-3-4-6-7;/h3-9H,2H2,1H3;3-6H,2H2,1H3;/q2*-1;+2. The Kier molecular flexibility index (Phi) is 8.17. The molecule has 0 radical (unpaired) electrons. The molecule has 0 N–H and O–H groups in total. The second kappa shape index (κ2) is 9.86. The minimum atomic E-state index is -0.379. The summed E-state index contributed by atoms with van der Waals surface area (Å²) in [6.07, 6.45) is 14.9. The Hall–Kier alpha value is -2.16. The molecule has 0 aromatic heterocycles. The molecule has 2 aliphatic carbocycles.